The van der Waals surface area contributed by atoms with Gasteiger partial charge < -0.3 is 14.4 Å². The van der Waals surface area contributed by atoms with Gasteiger partial charge in [-0.15, -0.1) is 0 Å². The topological polar surface area (TPSA) is 38.8 Å². The van der Waals surface area contributed by atoms with Crippen molar-refractivity contribution in [3.63, 3.8) is 0 Å². The van der Waals surface area contributed by atoms with Gasteiger partial charge in [0.1, 0.15) is 6.61 Å². The maximum Gasteiger partial charge on any atom is 0.248 e. The smallest absolute Gasteiger partial charge is 0.248 e. The zero-order chi connectivity index (χ0) is 10.4. The molecule has 82 valence electrons. The molecule has 0 aromatic rings. The van der Waals surface area contributed by atoms with Crippen molar-refractivity contribution < 1.29 is 14.3 Å². The quantitative estimate of drug-likeness (QED) is 0.613. The molecular weight excluding hydrogens is 182 g/mol. The van der Waals surface area contributed by atoms with Gasteiger partial charge in [-0.1, -0.05) is 6.92 Å². The van der Waals surface area contributed by atoms with Crippen LogP contribution in [0.15, 0.2) is 0 Å². The molecule has 0 bridgehead atoms. The van der Waals surface area contributed by atoms with Crippen LogP contribution in [0.5, 0.6) is 0 Å². The Labute approximate surface area is 85.2 Å². The number of carbonyl (C=O) groups is 1. The van der Waals surface area contributed by atoms with Gasteiger partial charge in [0.05, 0.1) is 6.10 Å². The molecule has 1 atom stereocenters. The van der Waals surface area contributed by atoms with Crippen LogP contribution in [0.25, 0.3) is 0 Å². The van der Waals surface area contributed by atoms with Crippen LogP contribution in [0.4, 0.5) is 0 Å². The first-order chi connectivity index (χ1) is 6.77. The molecule has 0 N–H and O–H groups in total. The Morgan fingerprint density at radius 1 is 1.57 bits per heavy atom. The van der Waals surface area contributed by atoms with Crippen molar-refractivity contribution in [2.45, 2.75) is 25.9 Å². The zero-order valence-electron chi connectivity index (χ0n) is 8.99. The Morgan fingerprint density at radius 2 is 2.36 bits per heavy atom. The van der Waals surface area contributed by atoms with Crippen LogP contribution in [0, 0.1) is 0 Å². The summed E-state index contributed by atoms with van der Waals surface area (Å²) in [5.41, 5.74) is 0. The van der Waals surface area contributed by atoms with Crippen molar-refractivity contribution in [3.8, 4) is 0 Å². The minimum atomic E-state index is 0.0815. The van der Waals surface area contributed by atoms with Gasteiger partial charge in [-0.05, 0) is 12.8 Å². The lowest BCUT2D eigenvalue weighted by Crippen LogP contribution is -2.33. The van der Waals surface area contributed by atoms with Gasteiger partial charge in [-0.2, -0.15) is 0 Å². The zero-order valence-corrected chi connectivity index (χ0v) is 8.99. The van der Waals surface area contributed by atoms with E-state index in [4.69, 9.17) is 9.47 Å². The van der Waals surface area contributed by atoms with Gasteiger partial charge in [0, 0.05) is 26.8 Å². The highest BCUT2D eigenvalue weighted by Gasteiger charge is 2.25. The number of rotatable bonds is 5. The Kier molecular flexibility index (Phi) is 4.90. The van der Waals surface area contributed by atoms with Crippen molar-refractivity contribution in [1.82, 2.24) is 4.90 Å². The summed E-state index contributed by atoms with van der Waals surface area (Å²) in [6, 6.07) is 0. The van der Waals surface area contributed by atoms with Crippen LogP contribution in [-0.2, 0) is 14.3 Å². The first-order valence-corrected chi connectivity index (χ1v) is 5.16. The Bertz CT molecular complexity index is 184. The maximum atomic E-state index is 11.5. The number of ether oxygens (including phenoxy) is 2. The molecule has 1 heterocycles. The largest absolute Gasteiger partial charge is 0.380 e. The summed E-state index contributed by atoms with van der Waals surface area (Å²) in [4.78, 5) is 13.3. The molecule has 0 aromatic carbocycles. The number of hydrogen-bond acceptors (Lipinski definition) is 3. The molecule has 0 spiro atoms. The summed E-state index contributed by atoms with van der Waals surface area (Å²) in [6.07, 6.45) is 2.11. The molecule has 0 radical (unpaired) electrons. The van der Waals surface area contributed by atoms with Crippen LogP contribution < -0.4 is 0 Å². The van der Waals surface area contributed by atoms with E-state index in [1.54, 1.807) is 7.11 Å². The second-order valence-electron chi connectivity index (χ2n) is 3.54. The molecule has 1 aliphatic heterocycles. The summed E-state index contributed by atoms with van der Waals surface area (Å²) in [7, 11) is 1.69. The highest BCUT2D eigenvalue weighted by atomic mass is 16.5. The standard InChI is InChI=1S/C10H19NO3/c1-3-6-14-8-10(12)11-5-4-9(7-11)13-2/h9H,3-8H2,1-2H3. The molecule has 1 saturated heterocycles. The third-order valence-electron chi connectivity index (χ3n) is 2.41. The number of likely N-dealkylation sites (tertiary alicyclic amines) is 1. The molecule has 1 fully saturated rings. The predicted octanol–water partition coefficient (Wildman–Crippen LogP) is 0.660. The Balaban J connectivity index is 2.18. The third kappa shape index (κ3) is 3.27. The van der Waals surface area contributed by atoms with E-state index in [2.05, 4.69) is 0 Å². The number of methoxy groups -OCH3 is 1. The average molecular weight is 201 g/mol. The van der Waals surface area contributed by atoms with Gasteiger partial charge in [0.2, 0.25) is 5.91 Å². The lowest BCUT2D eigenvalue weighted by Gasteiger charge is -2.15. The van der Waals surface area contributed by atoms with E-state index in [0.717, 1.165) is 19.4 Å². The maximum absolute atomic E-state index is 11.5. The number of amides is 1. The first kappa shape index (κ1) is 11.5. The Hall–Kier alpha value is -0.610. The average Bonchev–Trinajstić information content (AvgIpc) is 2.66. The summed E-state index contributed by atoms with van der Waals surface area (Å²) in [6.45, 7) is 4.41. The highest BCUT2D eigenvalue weighted by molar-refractivity contribution is 5.77. The summed E-state index contributed by atoms with van der Waals surface area (Å²) in [5.74, 6) is 0.0815. The molecule has 4 nitrogen and oxygen atoms in total. The molecule has 1 amide bonds. The molecule has 0 saturated carbocycles. The molecule has 1 rings (SSSR count). The molecule has 1 aliphatic rings. The van der Waals surface area contributed by atoms with Crippen molar-refractivity contribution in [2.24, 2.45) is 0 Å². The number of carbonyl (C=O) groups excluding carboxylic acids is 1. The summed E-state index contributed by atoms with van der Waals surface area (Å²) in [5, 5.41) is 0. The lowest BCUT2D eigenvalue weighted by atomic mass is 10.3. The van der Waals surface area contributed by atoms with E-state index in [0.29, 0.717) is 13.2 Å². The second-order valence-corrected chi connectivity index (χ2v) is 3.54. The van der Waals surface area contributed by atoms with E-state index >= 15 is 0 Å². The van der Waals surface area contributed by atoms with Gasteiger partial charge in [-0.3, -0.25) is 4.79 Å². The molecule has 14 heavy (non-hydrogen) atoms. The van der Waals surface area contributed by atoms with Gasteiger partial charge >= 0.3 is 0 Å². The van der Waals surface area contributed by atoms with Crippen molar-refractivity contribution in [3.05, 3.63) is 0 Å². The normalized spacial score (nSPS) is 21.6. The predicted molar refractivity (Wildman–Crippen MR) is 53.1 cm³/mol. The van der Waals surface area contributed by atoms with E-state index in [1.165, 1.54) is 0 Å². The minimum absolute atomic E-state index is 0.0815. The van der Waals surface area contributed by atoms with Crippen molar-refractivity contribution in [2.75, 3.05) is 33.4 Å². The van der Waals surface area contributed by atoms with Crippen molar-refractivity contribution in [1.29, 1.82) is 0 Å². The van der Waals surface area contributed by atoms with Crippen LogP contribution >= 0.6 is 0 Å². The molecule has 0 aliphatic carbocycles. The van der Waals surface area contributed by atoms with Crippen LogP contribution in [0.1, 0.15) is 19.8 Å². The minimum Gasteiger partial charge on any atom is -0.380 e. The summed E-state index contributed by atoms with van der Waals surface area (Å²) >= 11 is 0. The molecule has 0 aromatic heterocycles. The fourth-order valence-electron chi connectivity index (χ4n) is 1.54. The second kappa shape index (κ2) is 5.98. The highest BCUT2D eigenvalue weighted by Crippen LogP contribution is 2.11. The molecular formula is C10H19NO3. The van der Waals surface area contributed by atoms with Gasteiger partial charge in [-0.25, -0.2) is 0 Å². The van der Waals surface area contributed by atoms with E-state index < -0.39 is 0 Å². The van der Waals surface area contributed by atoms with Crippen LogP contribution in [0.3, 0.4) is 0 Å². The van der Waals surface area contributed by atoms with Crippen LogP contribution in [-0.4, -0.2) is 50.3 Å². The van der Waals surface area contributed by atoms with E-state index in [-0.39, 0.29) is 18.6 Å². The van der Waals surface area contributed by atoms with Crippen molar-refractivity contribution >= 4 is 5.91 Å². The van der Waals surface area contributed by atoms with Crippen LogP contribution in [0.2, 0.25) is 0 Å². The van der Waals surface area contributed by atoms with Gasteiger partial charge in [0.25, 0.3) is 0 Å². The summed E-state index contributed by atoms with van der Waals surface area (Å²) < 4.78 is 10.4. The molecule has 4 heteroatoms. The van der Waals surface area contributed by atoms with Gasteiger partial charge in [0.15, 0.2) is 0 Å². The van der Waals surface area contributed by atoms with E-state index in [1.807, 2.05) is 11.8 Å². The lowest BCUT2D eigenvalue weighted by molar-refractivity contribution is -0.135. The third-order valence-corrected chi connectivity index (χ3v) is 2.41. The van der Waals surface area contributed by atoms with E-state index in [9.17, 15) is 4.79 Å². The number of hydrogen-bond donors (Lipinski definition) is 0. The monoisotopic (exact) mass is 201 g/mol. The fourth-order valence-corrected chi connectivity index (χ4v) is 1.54. The molecule has 1 unspecified atom stereocenters. The first-order valence-electron chi connectivity index (χ1n) is 5.16. The Morgan fingerprint density at radius 3 is 2.93 bits per heavy atom. The fraction of sp³-hybridized carbons (Fsp3) is 0.900. The SMILES string of the molecule is CCCOCC(=O)N1CCC(OC)C1. The number of nitrogens with zero attached hydrogens (tertiary/aromatic N) is 1.